The van der Waals surface area contributed by atoms with Crippen LogP contribution in [0.2, 0.25) is 0 Å². The van der Waals surface area contributed by atoms with Gasteiger partial charge in [-0.2, -0.15) is 0 Å². The molecule has 2 rings (SSSR count). The Labute approximate surface area is 148 Å². The predicted octanol–water partition coefficient (Wildman–Crippen LogP) is 3.05. The topological polar surface area (TPSA) is 89.1 Å². The first-order chi connectivity index (χ1) is 12.3. The molecule has 0 saturated heterocycles. The number of nitrogens with zero attached hydrogens (tertiary/aromatic N) is 1. The minimum atomic E-state index is -4.74. The highest BCUT2D eigenvalue weighted by Gasteiger charge is 2.30. The fraction of sp³-hybridized carbons (Fsp3) is 0.235. The third-order valence-corrected chi connectivity index (χ3v) is 3.30. The highest BCUT2D eigenvalue weighted by molar-refractivity contribution is 5.92. The molecule has 4 N–H and O–H groups in total. The molecule has 0 aliphatic rings. The van der Waals surface area contributed by atoms with E-state index in [-0.39, 0.29) is 18.3 Å². The van der Waals surface area contributed by atoms with Crippen LogP contribution in [0, 0.1) is 0 Å². The molecule has 0 bridgehead atoms. The summed E-state index contributed by atoms with van der Waals surface area (Å²) in [5.74, 6) is 0.346. The first-order valence-electron chi connectivity index (χ1n) is 7.51. The summed E-state index contributed by atoms with van der Waals surface area (Å²) in [6, 6.07) is 11.9. The second-order valence-corrected chi connectivity index (χ2v) is 5.21. The highest BCUT2D eigenvalue weighted by Crippen LogP contribution is 2.24. The van der Waals surface area contributed by atoms with Gasteiger partial charge in [-0.1, -0.05) is 12.1 Å². The SMILES string of the molecule is COc1ccc(C(O)CN=C(N)Nc2ccc(OC(F)(F)F)cc2)cc1. The normalized spacial score (nSPS) is 13.2. The number of ether oxygens (including phenoxy) is 2. The summed E-state index contributed by atoms with van der Waals surface area (Å²) in [6.07, 6.45) is -5.60. The molecule has 0 amide bonds. The minimum Gasteiger partial charge on any atom is -0.497 e. The van der Waals surface area contributed by atoms with Crippen molar-refractivity contribution in [1.29, 1.82) is 0 Å². The second-order valence-electron chi connectivity index (χ2n) is 5.21. The molecule has 0 aromatic heterocycles. The van der Waals surface area contributed by atoms with E-state index in [9.17, 15) is 18.3 Å². The molecule has 0 saturated carbocycles. The Hall–Kier alpha value is -2.94. The number of nitrogens with two attached hydrogens (primary N) is 1. The Balaban J connectivity index is 1.90. The van der Waals surface area contributed by atoms with E-state index >= 15 is 0 Å². The zero-order valence-corrected chi connectivity index (χ0v) is 13.8. The van der Waals surface area contributed by atoms with E-state index in [0.717, 1.165) is 12.1 Å². The number of nitrogens with one attached hydrogen (secondary N) is 1. The molecule has 0 spiro atoms. The summed E-state index contributed by atoms with van der Waals surface area (Å²) in [5.41, 5.74) is 6.79. The molecule has 140 valence electrons. The zero-order chi connectivity index (χ0) is 19.2. The number of aliphatic imine (C=N–C) groups is 1. The summed E-state index contributed by atoms with van der Waals surface area (Å²) in [5, 5.41) is 12.8. The van der Waals surface area contributed by atoms with Crippen LogP contribution in [0.3, 0.4) is 0 Å². The first-order valence-corrected chi connectivity index (χ1v) is 7.51. The molecule has 1 atom stereocenters. The lowest BCUT2D eigenvalue weighted by atomic mass is 10.1. The minimum absolute atomic E-state index is 0.0143. The number of anilines is 1. The van der Waals surface area contributed by atoms with Crippen LogP contribution < -0.4 is 20.5 Å². The summed E-state index contributed by atoms with van der Waals surface area (Å²) in [6.45, 7) is 0.0143. The van der Waals surface area contributed by atoms with Gasteiger partial charge in [-0.3, -0.25) is 4.99 Å². The van der Waals surface area contributed by atoms with Gasteiger partial charge in [0, 0.05) is 5.69 Å². The smallest absolute Gasteiger partial charge is 0.497 e. The van der Waals surface area contributed by atoms with Crippen molar-refractivity contribution in [3.63, 3.8) is 0 Å². The Morgan fingerprint density at radius 3 is 2.23 bits per heavy atom. The van der Waals surface area contributed by atoms with Gasteiger partial charge >= 0.3 is 6.36 Å². The van der Waals surface area contributed by atoms with Crippen LogP contribution in [0.4, 0.5) is 18.9 Å². The molecule has 0 aliphatic heterocycles. The Morgan fingerprint density at radius 1 is 1.12 bits per heavy atom. The monoisotopic (exact) mass is 369 g/mol. The summed E-state index contributed by atoms with van der Waals surface area (Å²) >= 11 is 0. The van der Waals surface area contributed by atoms with Crippen LogP contribution in [0.1, 0.15) is 11.7 Å². The number of benzene rings is 2. The lowest BCUT2D eigenvalue weighted by Gasteiger charge is -2.11. The summed E-state index contributed by atoms with van der Waals surface area (Å²) in [4.78, 5) is 4.01. The molecule has 1 unspecified atom stereocenters. The van der Waals surface area contributed by atoms with E-state index in [0.29, 0.717) is 17.0 Å². The van der Waals surface area contributed by atoms with Gasteiger partial charge < -0.3 is 25.6 Å². The van der Waals surface area contributed by atoms with E-state index in [1.807, 2.05) is 0 Å². The van der Waals surface area contributed by atoms with Crippen molar-refractivity contribution in [3.05, 3.63) is 54.1 Å². The number of aliphatic hydroxyl groups excluding tert-OH is 1. The van der Waals surface area contributed by atoms with E-state index in [2.05, 4.69) is 15.0 Å². The van der Waals surface area contributed by atoms with Crippen molar-refractivity contribution in [2.45, 2.75) is 12.5 Å². The Morgan fingerprint density at radius 2 is 1.69 bits per heavy atom. The molecule has 26 heavy (non-hydrogen) atoms. The lowest BCUT2D eigenvalue weighted by molar-refractivity contribution is -0.274. The average molecular weight is 369 g/mol. The molecular weight excluding hydrogens is 351 g/mol. The lowest BCUT2D eigenvalue weighted by Crippen LogP contribution is -2.23. The van der Waals surface area contributed by atoms with E-state index < -0.39 is 12.5 Å². The maximum Gasteiger partial charge on any atom is 0.573 e. The van der Waals surface area contributed by atoms with E-state index in [1.54, 1.807) is 31.4 Å². The molecule has 9 heteroatoms. The Bertz CT molecular complexity index is 732. The molecule has 0 heterocycles. The van der Waals surface area contributed by atoms with Crippen molar-refractivity contribution in [1.82, 2.24) is 0 Å². The third-order valence-electron chi connectivity index (χ3n) is 3.30. The number of hydrogen-bond donors (Lipinski definition) is 3. The molecular formula is C17H18F3N3O3. The number of rotatable bonds is 6. The predicted molar refractivity (Wildman–Crippen MR) is 91.2 cm³/mol. The quantitative estimate of drug-likeness (QED) is 0.538. The van der Waals surface area contributed by atoms with Gasteiger partial charge in [0.1, 0.15) is 11.5 Å². The fourth-order valence-corrected chi connectivity index (χ4v) is 2.04. The molecule has 6 nitrogen and oxygen atoms in total. The summed E-state index contributed by atoms with van der Waals surface area (Å²) in [7, 11) is 1.55. The van der Waals surface area contributed by atoms with Crippen molar-refractivity contribution in [3.8, 4) is 11.5 Å². The fourth-order valence-electron chi connectivity index (χ4n) is 2.04. The van der Waals surface area contributed by atoms with Gasteiger partial charge in [0.2, 0.25) is 0 Å². The van der Waals surface area contributed by atoms with Crippen LogP contribution in [-0.2, 0) is 0 Å². The molecule has 0 fully saturated rings. The average Bonchev–Trinajstić information content (AvgIpc) is 2.60. The highest BCUT2D eigenvalue weighted by atomic mass is 19.4. The first kappa shape index (κ1) is 19.4. The number of hydrogen-bond acceptors (Lipinski definition) is 4. The molecule has 0 aliphatic carbocycles. The van der Waals surface area contributed by atoms with Gasteiger partial charge in [-0.05, 0) is 42.0 Å². The van der Waals surface area contributed by atoms with Crippen LogP contribution in [-0.4, -0.2) is 31.1 Å². The maximum absolute atomic E-state index is 12.1. The van der Waals surface area contributed by atoms with E-state index in [1.165, 1.54) is 12.1 Å². The second kappa shape index (κ2) is 8.43. The van der Waals surface area contributed by atoms with Gasteiger partial charge in [0.05, 0.1) is 19.8 Å². The van der Waals surface area contributed by atoms with Crippen LogP contribution in [0.25, 0.3) is 0 Å². The molecule has 2 aromatic carbocycles. The van der Waals surface area contributed by atoms with Gasteiger partial charge in [-0.25, -0.2) is 0 Å². The van der Waals surface area contributed by atoms with Gasteiger partial charge in [0.25, 0.3) is 0 Å². The standard InChI is InChI=1S/C17H18F3N3O3/c1-25-13-6-2-11(3-7-13)15(24)10-22-16(21)23-12-4-8-14(9-5-12)26-17(18,19)20/h2-9,15,24H,10H2,1H3,(H3,21,22,23). The number of alkyl halides is 3. The van der Waals surface area contributed by atoms with Crippen molar-refractivity contribution >= 4 is 11.6 Å². The number of aliphatic hydroxyl groups is 1. The third kappa shape index (κ3) is 6.17. The van der Waals surface area contributed by atoms with Crippen molar-refractivity contribution < 1.29 is 27.8 Å². The van der Waals surface area contributed by atoms with Crippen molar-refractivity contribution in [2.24, 2.45) is 10.7 Å². The number of methoxy groups -OCH3 is 1. The maximum atomic E-state index is 12.1. The number of guanidine groups is 1. The van der Waals surface area contributed by atoms with E-state index in [4.69, 9.17) is 10.5 Å². The van der Waals surface area contributed by atoms with Gasteiger partial charge in [0.15, 0.2) is 5.96 Å². The van der Waals surface area contributed by atoms with Crippen molar-refractivity contribution in [2.75, 3.05) is 19.0 Å². The number of halogens is 3. The zero-order valence-electron chi connectivity index (χ0n) is 13.8. The Kier molecular flexibility index (Phi) is 6.29. The largest absolute Gasteiger partial charge is 0.573 e. The summed E-state index contributed by atoms with van der Waals surface area (Å²) < 4.78 is 45.1. The van der Waals surface area contributed by atoms with Crippen LogP contribution in [0.15, 0.2) is 53.5 Å². The van der Waals surface area contributed by atoms with Gasteiger partial charge in [-0.15, -0.1) is 13.2 Å². The molecule has 0 radical (unpaired) electrons. The van der Waals surface area contributed by atoms with Crippen LogP contribution >= 0.6 is 0 Å². The molecule has 2 aromatic rings. The van der Waals surface area contributed by atoms with Crippen LogP contribution in [0.5, 0.6) is 11.5 Å².